The van der Waals surface area contributed by atoms with Gasteiger partial charge in [-0.3, -0.25) is 14.8 Å². The minimum Gasteiger partial charge on any atom is -0.397 e. The Kier molecular flexibility index (Phi) is 3.41. The average molecular weight is 299 g/mol. The Morgan fingerprint density at radius 3 is 2.62 bits per heavy atom. The van der Waals surface area contributed by atoms with Crippen molar-refractivity contribution in [3.05, 3.63) is 59.4 Å². The van der Waals surface area contributed by atoms with Crippen molar-refractivity contribution in [2.75, 3.05) is 11.1 Å². The van der Waals surface area contributed by atoms with Crippen LogP contribution in [-0.4, -0.2) is 15.9 Å². The number of hydrogen-bond donors (Lipinski definition) is 2. The molecule has 0 saturated heterocycles. The van der Waals surface area contributed by atoms with Gasteiger partial charge < -0.3 is 11.1 Å². The molecule has 0 fully saturated rings. The molecule has 0 unspecified atom stereocenters. The number of carbonyl (C=O) groups is 1. The van der Waals surface area contributed by atoms with E-state index in [0.29, 0.717) is 27.5 Å². The van der Waals surface area contributed by atoms with Crippen LogP contribution in [0.5, 0.6) is 0 Å². The lowest BCUT2D eigenvalue weighted by molar-refractivity contribution is 0.102. The second-order valence-corrected chi connectivity index (χ2v) is 4.83. The van der Waals surface area contributed by atoms with Gasteiger partial charge in [-0.05, 0) is 30.3 Å². The molecule has 5 nitrogen and oxygen atoms in total. The number of rotatable bonds is 2. The number of para-hydroxylation sites is 1. The molecule has 0 radical (unpaired) electrons. The summed E-state index contributed by atoms with van der Waals surface area (Å²) in [4.78, 5) is 20.6. The molecule has 1 amide bonds. The van der Waals surface area contributed by atoms with Crippen LogP contribution in [0.25, 0.3) is 11.0 Å². The average Bonchev–Trinajstić information content (AvgIpc) is 2.50. The van der Waals surface area contributed by atoms with Crippen LogP contribution >= 0.6 is 11.6 Å². The van der Waals surface area contributed by atoms with Crippen molar-refractivity contribution in [1.29, 1.82) is 0 Å². The molecule has 0 bridgehead atoms. The predicted octanol–water partition coefficient (Wildman–Crippen LogP) is 3.12. The van der Waals surface area contributed by atoms with Crippen LogP contribution in [0.3, 0.4) is 0 Å². The summed E-state index contributed by atoms with van der Waals surface area (Å²) in [6, 6.07) is 10.2. The molecular weight excluding hydrogens is 288 g/mol. The zero-order chi connectivity index (χ0) is 14.8. The zero-order valence-electron chi connectivity index (χ0n) is 10.9. The normalized spacial score (nSPS) is 10.5. The van der Waals surface area contributed by atoms with Gasteiger partial charge in [0.25, 0.3) is 5.91 Å². The highest BCUT2D eigenvalue weighted by Crippen LogP contribution is 2.28. The van der Waals surface area contributed by atoms with E-state index >= 15 is 0 Å². The highest BCUT2D eigenvalue weighted by Gasteiger charge is 2.11. The first-order valence-corrected chi connectivity index (χ1v) is 6.59. The van der Waals surface area contributed by atoms with Gasteiger partial charge in [-0.15, -0.1) is 0 Å². The maximum atomic E-state index is 12.3. The van der Waals surface area contributed by atoms with Gasteiger partial charge >= 0.3 is 0 Å². The van der Waals surface area contributed by atoms with E-state index in [4.69, 9.17) is 17.3 Å². The fourth-order valence-electron chi connectivity index (χ4n) is 1.96. The molecule has 0 spiro atoms. The standard InChI is InChI=1S/C15H11ClN4O/c16-10-2-1-3-11(17)14(10)20-15(21)9-4-5-12-13(8-9)19-7-6-18-12/h1-8H,17H2,(H,20,21). The van der Waals surface area contributed by atoms with E-state index in [2.05, 4.69) is 15.3 Å². The van der Waals surface area contributed by atoms with Crippen LogP contribution < -0.4 is 11.1 Å². The lowest BCUT2D eigenvalue weighted by Crippen LogP contribution is -2.13. The number of carbonyl (C=O) groups excluding carboxylic acids is 1. The van der Waals surface area contributed by atoms with Gasteiger partial charge in [0.1, 0.15) is 0 Å². The van der Waals surface area contributed by atoms with E-state index in [0.717, 1.165) is 5.52 Å². The minimum atomic E-state index is -0.303. The van der Waals surface area contributed by atoms with E-state index in [-0.39, 0.29) is 5.91 Å². The molecule has 6 heteroatoms. The topological polar surface area (TPSA) is 80.9 Å². The molecular formula is C15H11ClN4O. The molecule has 3 aromatic rings. The Morgan fingerprint density at radius 2 is 1.86 bits per heavy atom. The van der Waals surface area contributed by atoms with Crippen molar-refractivity contribution in [1.82, 2.24) is 9.97 Å². The van der Waals surface area contributed by atoms with Gasteiger partial charge in [0.15, 0.2) is 0 Å². The van der Waals surface area contributed by atoms with Gasteiger partial charge in [0, 0.05) is 18.0 Å². The number of nitrogen functional groups attached to an aromatic ring is 1. The van der Waals surface area contributed by atoms with E-state index in [1.807, 2.05) is 0 Å². The van der Waals surface area contributed by atoms with E-state index < -0.39 is 0 Å². The Hall–Kier alpha value is -2.66. The number of nitrogens with two attached hydrogens (primary N) is 1. The van der Waals surface area contributed by atoms with Crippen LogP contribution in [-0.2, 0) is 0 Å². The summed E-state index contributed by atoms with van der Waals surface area (Å²) < 4.78 is 0. The number of nitrogens with zero attached hydrogens (tertiary/aromatic N) is 2. The third-order valence-corrected chi connectivity index (χ3v) is 3.33. The SMILES string of the molecule is Nc1cccc(Cl)c1NC(=O)c1ccc2nccnc2c1. The van der Waals surface area contributed by atoms with Crippen molar-refractivity contribution < 1.29 is 4.79 Å². The summed E-state index contributed by atoms with van der Waals surface area (Å²) in [5.74, 6) is -0.303. The summed E-state index contributed by atoms with van der Waals surface area (Å²) in [6.45, 7) is 0. The molecule has 1 heterocycles. The first kappa shape index (κ1) is 13.3. The number of halogens is 1. The van der Waals surface area contributed by atoms with Gasteiger partial charge in [-0.1, -0.05) is 17.7 Å². The number of aromatic nitrogens is 2. The van der Waals surface area contributed by atoms with Crippen molar-refractivity contribution >= 4 is 39.9 Å². The number of amides is 1. The van der Waals surface area contributed by atoms with Gasteiger partial charge in [-0.2, -0.15) is 0 Å². The van der Waals surface area contributed by atoms with Crippen molar-refractivity contribution in [2.24, 2.45) is 0 Å². The number of benzene rings is 2. The van der Waals surface area contributed by atoms with Gasteiger partial charge in [0.2, 0.25) is 0 Å². The van der Waals surface area contributed by atoms with Gasteiger partial charge in [-0.25, -0.2) is 0 Å². The summed E-state index contributed by atoms with van der Waals surface area (Å²) in [7, 11) is 0. The minimum absolute atomic E-state index is 0.303. The lowest BCUT2D eigenvalue weighted by atomic mass is 10.1. The van der Waals surface area contributed by atoms with Crippen LogP contribution in [0, 0.1) is 0 Å². The van der Waals surface area contributed by atoms with Crippen molar-refractivity contribution in [3.63, 3.8) is 0 Å². The summed E-state index contributed by atoms with van der Waals surface area (Å²) in [5, 5.41) is 3.11. The molecule has 104 valence electrons. The van der Waals surface area contributed by atoms with Crippen LogP contribution in [0.1, 0.15) is 10.4 Å². The Labute approximate surface area is 125 Å². The maximum absolute atomic E-state index is 12.3. The molecule has 3 N–H and O–H groups in total. The summed E-state index contributed by atoms with van der Waals surface area (Å²) in [6.07, 6.45) is 3.18. The summed E-state index contributed by atoms with van der Waals surface area (Å²) >= 11 is 6.04. The quantitative estimate of drug-likeness (QED) is 0.712. The van der Waals surface area contributed by atoms with E-state index in [1.165, 1.54) is 0 Å². The monoisotopic (exact) mass is 298 g/mol. The third-order valence-electron chi connectivity index (χ3n) is 3.02. The highest BCUT2D eigenvalue weighted by molar-refractivity contribution is 6.34. The number of hydrogen-bond acceptors (Lipinski definition) is 4. The smallest absolute Gasteiger partial charge is 0.255 e. The highest BCUT2D eigenvalue weighted by atomic mass is 35.5. The molecule has 0 saturated carbocycles. The fraction of sp³-hybridized carbons (Fsp3) is 0. The molecule has 1 aromatic heterocycles. The third kappa shape index (κ3) is 2.64. The van der Waals surface area contributed by atoms with E-state index in [9.17, 15) is 4.79 Å². The predicted molar refractivity (Wildman–Crippen MR) is 83.4 cm³/mol. The van der Waals surface area contributed by atoms with Crippen LogP contribution in [0.2, 0.25) is 5.02 Å². The maximum Gasteiger partial charge on any atom is 0.255 e. The van der Waals surface area contributed by atoms with Crippen molar-refractivity contribution in [2.45, 2.75) is 0 Å². The van der Waals surface area contributed by atoms with E-state index in [1.54, 1.807) is 48.8 Å². The molecule has 0 aliphatic rings. The van der Waals surface area contributed by atoms with Crippen LogP contribution in [0.4, 0.5) is 11.4 Å². The first-order chi connectivity index (χ1) is 10.1. The molecule has 0 atom stereocenters. The van der Waals surface area contributed by atoms with Crippen molar-refractivity contribution in [3.8, 4) is 0 Å². The second kappa shape index (κ2) is 5.38. The van der Waals surface area contributed by atoms with Gasteiger partial charge in [0.05, 0.1) is 27.4 Å². The molecule has 0 aliphatic heterocycles. The first-order valence-electron chi connectivity index (χ1n) is 6.21. The number of fused-ring (bicyclic) bond motifs is 1. The Bertz CT molecular complexity index is 815. The second-order valence-electron chi connectivity index (χ2n) is 4.42. The molecule has 2 aromatic carbocycles. The lowest BCUT2D eigenvalue weighted by Gasteiger charge is -2.10. The number of anilines is 2. The zero-order valence-corrected chi connectivity index (χ0v) is 11.6. The largest absolute Gasteiger partial charge is 0.397 e. The molecule has 0 aliphatic carbocycles. The molecule has 3 rings (SSSR count). The Balaban J connectivity index is 1.94. The number of nitrogens with one attached hydrogen (secondary N) is 1. The Morgan fingerprint density at radius 1 is 1.10 bits per heavy atom. The fourth-order valence-corrected chi connectivity index (χ4v) is 2.19. The molecule has 21 heavy (non-hydrogen) atoms. The summed E-state index contributed by atoms with van der Waals surface area (Å²) in [5.41, 5.74) is 8.47. The van der Waals surface area contributed by atoms with Crippen LogP contribution in [0.15, 0.2) is 48.8 Å².